The molecule has 0 aliphatic carbocycles. The zero-order chi connectivity index (χ0) is 18.1. The molecular formula is C18H18FN5O2. The molecule has 26 heavy (non-hydrogen) atoms. The molecule has 2 amide bonds. The molecule has 0 saturated carbocycles. The van der Waals surface area contributed by atoms with Crippen LogP contribution < -0.4 is 9.80 Å². The number of halogens is 1. The molecule has 2 aliphatic heterocycles. The summed E-state index contributed by atoms with van der Waals surface area (Å²) >= 11 is 0. The second-order valence-corrected chi connectivity index (χ2v) is 6.35. The van der Waals surface area contributed by atoms with Crippen molar-refractivity contribution >= 4 is 23.3 Å². The molecule has 2 aliphatic rings. The molecule has 0 N–H and O–H groups in total. The number of piperazine rings is 1. The summed E-state index contributed by atoms with van der Waals surface area (Å²) in [4.78, 5) is 38.8. The Morgan fingerprint density at radius 2 is 1.73 bits per heavy atom. The van der Waals surface area contributed by atoms with Gasteiger partial charge in [-0.25, -0.2) is 14.3 Å². The molecule has 7 nitrogen and oxygen atoms in total. The lowest BCUT2D eigenvalue weighted by Crippen LogP contribution is -2.52. The number of carbonyl (C=O) groups is 2. The van der Waals surface area contributed by atoms with E-state index in [1.807, 2.05) is 4.90 Å². The van der Waals surface area contributed by atoms with E-state index >= 15 is 0 Å². The fourth-order valence-corrected chi connectivity index (χ4v) is 3.48. The van der Waals surface area contributed by atoms with E-state index < -0.39 is 11.9 Å². The molecule has 134 valence electrons. The van der Waals surface area contributed by atoms with E-state index in [-0.39, 0.29) is 18.2 Å². The van der Waals surface area contributed by atoms with E-state index in [9.17, 15) is 14.0 Å². The minimum Gasteiger partial charge on any atom is -0.353 e. The van der Waals surface area contributed by atoms with Crippen molar-refractivity contribution in [3.8, 4) is 0 Å². The number of nitrogens with zero attached hydrogens (tertiary/aromatic N) is 5. The van der Waals surface area contributed by atoms with E-state index in [4.69, 9.17) is 0 Å². The van der Waals surface area contributed by atoms with Crippen LogP contribution in [0.3, 0.4) is 0 Å². The number of carbonyl (C=O) groups excluding carboxylic acids is 2. The number of benzene rings is 1. The van der Waals surface area contributed by atoms with Crippen LogP contribution in [0.5, 0.6) is 0 Å². The first-order valence-corrected chi connectivity index (χ1v) is 8.51. The van der Waals surface area contributed by atoms with Crippen molar-refractivity contribution in [2.24, 2.45) is 0 Å². The smallest absolute Gasteiger partial charge is 0.251 e. The van der Waals surface area contributed by atoms with E-state index in [0.29, 0.717) is 31.9 Å². The summed E-state index contributed by atoms with van der Waals surface area (Å²) in [6.07, 6.45) is 5.16. The Labute approximate surface area is 150 Å². The average molecular weight is 355 g/mol. The zero-order valence-electron chi connectivity index (χ0n) is 14.1. The molecule has 1 aromatic carbocycles. The van der Waals surface area contributed by atoms with Gasteiger partial charge in [-0.3, -0.25) is 19.5 Å². The summed E-state index contributed by atoms with van der Waals surface area (Å²) in [7, 11) is 0. The summed E-state index contributed by atoms with van der Waals surface area (Å²) in [6.45, 7) is 2.76. The van der Waals surface area contributed by atoms with Crippen molar-refractivity contribution < 1.29 is 14.0 Å². The van der Waals surface area contributed by atoms with Crippen molar-refractivity contribution in [2.75, 3.05) is 36.0 Å². The summed E-state index contributed by atoms with van der Waals surface area (Å²) in [5.41, 5.74) is 0.419. The number of anilines is 2. The number of rotatable bonds is 3. The van der Waals surface area contributed by atoms with Crippen LogP contribution in [0.4, 0.5) is 15.9 Å². The van der Waals surface area contributed by atoms with Crippen LogP contribution in [0.15, 0.2) is 42.9 Å². The topological polar surface area (TPSA) is 69.6 Å². The maximum atomic E-state index is 13.1. The summed E-state index contributed by atoms with van der Waals surface area (Å²) in [5.74, 6) is -0.0732. The first kappa shape index (κ1) is 16.6. The molecule has 4 rings (SSSR count). The van der Waals surface area contributed by atoms with Crippen molar-refractivity contribution in [3.63, 3.8) is 0 Å². The third-order valence-corrected chi connectivity index (χ3v) is 4.84. The van der Waals surface area contributed by atoms with Gasteiger partial charge in [-0.15, -0.1) is 0 Å². The Bertz CT molecular complexity index is 806. The second-order valence-electron chi connectivity index (χ2n) is 6.35. The molecular weight excluding hydrogens is 337 g/mol. The molecule has 2 saturated heterocycles. The van der Waals surface area contributed by atoms with E-state index in [1.54, 1.807) is 18.6 Å². The highest BCUT2D eigenvalue weighted by Gasteiger charge is 2.43. The molecule has 0 spiro atoms. The number of amides is 2. The Balaban J connectivity index is 1.44. The quantitative estimate of drug-likeness (QED) is 0.767. The van der Waals surface area contributed by atoms with Crippen molar-refractivity contribution in [2.45, 2.75) is 12.5 Å². The lowest BCUT2D eigenvalue weighted by molar-refractivity contribution is -0.123. The lowest BCUT2D eigenvalue weighted by atomic mass is 10.1. The van der Waals surface area contributed by atoms with Gasteiger partial charge in [0, 0.05) is 38.6 Å². The molecule has 1 aromatic heterocycles. The van der Waals surface area contributed by atoms with Crippen molar-refractivity contribution in [1.29, 1.82) is 0 Å². The monoisotopic (exact) mass is 355 g/mol. The normalized spacial score (nSPS) is 21.5. The number of hydrogen-bond acceptors (Lipinski definition) is 6. The van der Waals surface area contributed by atoms with Crippen LogP contribution >= 0.6 is 0 Å². The molecule has 3 heterocycles. The highest BCUT2D eigenvalue weighted by molar-refractivity contribution is 6.22. The van der Waals surface area contributed by atoms with E-state index in [0.717, 1.165) is 5.82 Å². The molecule has 8 heteroatoms. The lowest BCUT2D eigenvalue weighted by Gasteiger charge is -2.37. The predicted molar refractivity (Wildman–Crippen MR) is 93.1 cm³/mol. The maximum Gasteiger partial charge on any atom is 0.251 e. The number of hydrogen-bond donors (Lipinski definition) is 0. The standard InChI is InChI=1S/C18H18FN5O2/c19-13-1-3-14(4-2-13)24-17(25)11-15(18(24)26)22-7-9-23(10-8-22)16-12-20-5-6-21-16/h1-6,12,15H,7-11H2. The maximum absolute atomic E-state index is 13.1. The first-order chi connectivity index (χ1) is 12.6. The largest absolute Gasteiger partial charge is 0.353 e. The first-order valence-electron chi connectivity index (χ1n) is 8.51. The van der Waals surface area contributed by atoms with Gasteiger partial charge in [-0.05, 0) is 24.3 Å². The SMILES string of the molecule is O=C1CC(N2CCN(c3cnccn3)CC2)C(=O)N1c1ccc(F)cc1. The number of aromatic nitrogens is 2. The van der Waals surface area contributed by atoms with Gasteiger partial charge in [0.1, 0.15) is 11.6 Å². The van der Waals surface area contributed by atoms with Crippen LogP contribution in [0.1, 0.15) is 6.42 Å². The van der Waals surface area contributed by atoms with Crippen LogP contribution in [0.2, 0.25) is 0 Å². The van der Waals surface area contributed by atoms with Gasteiger partial charge in [0.2, 0.25) is 5.91 Å². The summed E-state index contributed by atoms with van der Waals surface area (Å²) in [5, 5.41) is 0. The Hall–Kier alpha value is -2.87. The molecule has 1 atom stereocenters. The van der Waals surface area contributed by atoms with E-state index in [2.05, 4.69) is 14.9 Å². The molecule has 0 bridgehead atoms. The van der Waals surface area contributed by atoms with Crippen molar-refractivity contribution in [1.82, 2.24) is 14.9 Å². The average Bonchev–Trinajstić information content (AvgIpc) is 2.98. The fourth-order valence-electron chi connectivity index (χ4n) is 3.48. The van der Waals surface area contributed by atoms with Crippen LogP contribution in [0, 0.1) is 5.82 Å². The Kier molecular flexibility index (Phi) is 4.34. The molecule has 2 aromatic rings. The molecule has 1 unspecified atom stereocenters. The number of imide groups is 1. The molecule has 2 fully saturated rings. The molecule has 0 radical (unpaired) electrons. The van der Waals surface area contributed by atoms with Gasteiger partial charge >= 0.3 is 0 Å². The van der Waals surface area contributed by atoms with Crippen molar-refractivity contribution in [3.05, 3.63) is 48.7 Å². The summed E-state index contributed by atoms with van der Waals surface area (Å²) in [6, 6.07) is 4.96. The highest BCUT2D eigenvalue weighted by atomic mass is 19.1. The van der Waals surface area contributed by atoms with Gasteiger partial charge in [-0.2, -0.15) is 0 Å². The fraction of sp³-hybridized carbons (Fsp3) is 0.333. The Morgan fingerprint density at radius 1 is 1.00 bits per heavy atom. The van der Waals surface area contributed by atoms with Gasteiger partial charge in [-0.1, -0.05) is 0 Å². The zero-order valence-corrected chi connectivity index (χ0v) is 14.1. The highest BCUT2D eigenvalue weighted by Crippen LogP contribution is 2.27. The van der Waals surface area contributed by atoms with Gasteiger partial charge in [0.25, 0.3) is 5.91 Å². The predicted octanol–water partition coefficient (Wildman–Crippen LogP) is 1.07. The van der Waals surface area contributed by atoms with Crippen LogP contribution in [-0.4, -0.2) is 58.9 Å². The summed E-state index contributed by atoms with van der Waals surface area (Å²) < 4.78 is 13.1. The van der Waals surface area contributed by atoms with E-state index in [1.165, 1.54) is 29.2 Å². The van der Waals surface area contributed by atoms with Gasteiger partial charge in [0.05, 0.1) is 24.3 Å². The third-order valence-electron chi connectivity index (χ3n) is 4.84. The van der Waals surface area contributed by atoms with Gasteiger partial charge < -0.3 is 4.90 Å². The minimum absolute atomic E-state index is 0.154. The van der Waals surface area contributed by atoms with Crippen LogP contribution in [0.25, 0.3) is 0 Å². The Morgan fingerprint density at radius 3 is 2.38 bits per heavy atom. The minimum atomic E-state index is -0.462. The van der Waals surface area contributed by atoms with Crippen LogP contribution in [-0.2, 0) is 9.59 Å². The third kappa shape index (κ3) is 3.03. The van der Waals surface area contributed by atoms with Gasteiger partial charge in [0.15, 0.2) is 0 Å². The second kappa shape index (κ2) is 6.80.